The van der Waals surface area contributed by atoms with Gasteiger partial charge in [0.2, 0.25) is 0 Å². The molecule has 1 aliphatic rings. The highest BCUT2D eigenvalue weighted by Gasteiger charge is 2.35. The number of ether oxygens (including phenoxy) is 2. The van der Waals surface area contributed by atoms with Gasteiger partial charge in [-0.1, -0.05) is 6.08 Å². The van der Waals surface area contributed by atoms with E-state index in [0.29, 0.717) is 12.8 Å². The smallest absolute Gasteiger partial charge is 0.327 e. The maximum atomic E-state index is 10.3. The molecule has 0 unspecified atom stereocenters. The lowest BCUT2D eigenvalue weighted by atomic mass is 10.0. The molecule has 3 N–H and O–H groups in total. The molecule has 5 atom stereocenters. The molecule has 0 spiro atoms. The SMILES string of the molecule is C[C@H](CC/C=C\C(=O)O)O[C@@H]1O[C@@H](C)[C@H](O)C[C@H]1O. The van der Waals surface area contributed by atoms with E-state index in [1.54, 1.807) is 13.0 Å². The minimum atomic E-state index is -0.970. The molecule has 110 valence electrons. The number of carboxylic acids is 1. The quantitative estimate of drug-likeness (QED) is 0.616. The van der Waals surface area contributed by atoms with Crippen LogP contribution in [0.1, 0.15) is 33.1 Å². The van der Waals surface area contributed by atoms with Gasteiger partial charge in [0.1, 0.15) is 6.10 Å². The molecule has 19 heavy (non-hydrogen) atoms. The Bertz CT molecular complexity index is 316. The van der Waals surface area contributed by atoms with Crippen molar-refractivity contribution in [2.75, 3.05) is 0 Å². The molecule has 1 rings (SSSR count). The Morgan fingerprint density at radius 1 is 1.47 bits per heavy atom. The number of rotatable bonds is 6. The van der Waals surface area contributed by atoms with E-state index in [4.69, 9.17) is 14.6 Å². The van der Waals surface area contributed by atoms with Crippen LogP contribution < -0.4 is 0 Å². The predicted octanol–water partition coefficient (Wildman–Crippen LogP) is 0.669. The van der Waals surface area contributed by atoms with Crippen LogP contribution in [0.15, 0.2) is 12.2 Å². The van der Waals surface area contributed by atoms with Crippen LogP contribution in [0.2, 0.25) is 0 Å². The van der Waals surface area contributed by atoms with Crippen molar-refractivity contribution in [1.82, 2.24) is 0 Å². The molecular weight excluding hydrogens is 252 g/mol. The minimum absolute atomic E-state index is 0.166. The lowest BCUT2D eigenvalue weighted by Crippen LogP contribution is -2.48. The van der Waals surface area contributed by atoms with Crippen molar-refractivity contribution < 1.29 is 29.6 Å². The monoisotopic (exact) mass is 274 g/mol. The fraction of sp³-hybridized carbons (Fsp3) is 0.769. The summed E-state index contributed by atoms with van der Waals surface area (Å²) in [6, 6.07) is 0. The number of hydrogen-bond donors (Lipinski definition) is 3. The molecule has 1 fully saturated rings. The maximum absolute atomic E-state index is 10.3. The van der Waals surface area contributed by atoms with Crippen LogP contribution in [0, 0.1) is 0 Å². The first kappa shape index (κ1) is 16.1. The molecule has 1 aliphatic heterocycles. The van der Waals surface area contributed by atoms with Crippen LogP contribution in [-0.2, 0) is 14.3 Å². The van der Waals surface area contributed by atoms with E-state index in [0.717, 1.165) is 6.08 Å². The Morgan fingerprint density at radius 3 is 2.79 bits per heavy atom. The summed E-state index contributed by atoms with van der Waals surface area (Å²) in [6.45, 7) is 3.56. The second-order valence-electron chi connectivity index (χ2n) is 4.84. The van der Waals surface area contributed by atoms with Crippen molar-refractivity contribution in [3.8, 4) is 0 Å². The summed E-state index contributed by atoms with van der Waals surface area (Å²) in [4.78, 5) is 10.3. The molecule has 0 aliphatic carbocycles. The van der Waals surface area contributed by atoms with Crippen molar-refractivity contribution in [3.05, 3.63) is 12.2 Å². The Morgan fingerprint density at radius 2 is 2.16 bits per heavy atom. The minimum Gasteiger partial charge on any atom is -0.478 e. The number of allylic oxidation sites excluding steroid dienone is 1. The van der Waals surface area contributed by atoms with Gasteiger partial charge >= 0.3 is 5.97 Å². The van der Waals surface area contributed by atoms with Gasteiger partial charge < -0.3 is 24.8 Å². The normalized spacial score (nSPS) is 33.5. The van der Waals surface area contributed by atoms with Gasteiger partial charge in [-0.2, -0.15) is 0 Å². The van der Waals surface area contributed by atoms with E-state index in [1.807, 2.05) is 6.92 Å². The molecule has 6 heteroatoms. The fourth-order valence-corrected chi connectivity index (χ4v) is 1.88. The van der Waals surface area contributed by atoms with Gasteiger partial charge in [0.05, 0.1) is 18.3 Å². The van der Waals surface area contributed by atoms with E-state index in [-0.39, 0.29) is 18.6 Å². The lowest BCUT2D eigenvalue weighted by Gasteiger charge is -2.36. The predicted molar refractivity (Wildman–Crippen MR) is 67.5 cm³/mol. The highest BCUT2D eigenvalue weighted by molar-refractivity contribution is 5.79. The van der Waals surface area contributed by atoms with Gasteiger partial charge in [-0.25, -0.2) is 4.79 Å². The fourth-order valence-electron chi connectivity index (χ4n) is 1.88. The van der Waals surface area contributed by atoms with Crippen LogP contribution in [0.5, 0.6) is 0 Å². The maximum Gasteiger partial charge on any atom is 0.327 e. The summed E-state index contributed by atoms with van der Waals surface area (Å²) in [6.07, 6.45) is 1.31. The first-order valence-corrected chi connectivity index (χ1v) is 6.46. The molecule has 0 aromatic heterocycles. The molecular formula is C13H22O6. The summed E-state index contributed by atoms with van der Waals surface area (Å²) in [5.74, 6) is -0.970. The van der Waals surface area contributed by atoms with E-state index < -0.39 is 24.5 Å². The Hall–Kier alpha value is -0.950. The number of aliphatic carboxylic acids is 1. The molecule has 1 heterocycles. The summed E-state index contributed by atoms with van der Waals surface area (Å²) >= 11 is 0. The van der Waals surface area contributed by atoms with Gasteiger partial charge in [-0.05, 0) is 26.7 Å². The highest BCUT2D eigenvalue weighted by Crippen LogP contribution is 2.22. The molecule has 0 saturated carbocycles. The van der Waals surface area contributed by atoms with Crippen LogP contribution in [0.4, 0.5) is 0 Å². The van der Waals surface area contributed by atoms with Crippen molar-refractivity contribution in [3.63, 3.8) is 0 Å². The third-order valence-corrected chi connectivity index (χ3v) is 3.05. The number of aliphatic hydroxyl groups excluding tert-OH is 2. The number of carboxylic acid groups (broad SMARTS) is 1. The topological polar surface area (TPSA) is 96.2 Å². The third kappa shape index (κ3) is 5.69. The summed E-state index contributed by atoms with van der Waals surface area (Å²) in [5.41, 5.74) is 0. The van der Waals surface area contributed by atoms with Gasteiger partial charge in [-0.15, -0.1) is 0 Å². The average Bonchev–Trinajstić information content (AvgIpc) is 2.31. The number of carbonyl (C=O) groups is 1. The first-order valence-electron chi connectivity index (χ1n) is 6.46. The first-order chi connectivity index (χ1) is 8.90. The van der Waals surface area contributed by atoms with Crippen LogP contribution >= 0.6 is 0 Å². The van der Waals surface area contributed by atoms with Crippen molar-refractivity contribution in [2.24, 2.45) is 0 Å². The van der Waals surface area contributed by atoms with Crippen molar-refractivity contribution >= 4 is 5.97 Å². The second kappa shape index (κ2) is 7.59. The molecule has 0 amide bonds. The van der Waals surface area contributed by atoms with Crippen LogP contribution in [0.3, 0.4) is 0 Å². The molecule has 6 nitrogen and oxygen atoms in total. The number of hydrogen-bond acceptors (Lipinski definition) is 5. The van der Waals surface area contributed by atoms with E-state index in [9.17, 15) is 15.0 Å². The summed E-state index contributed by atoms with van der Waals surface area (Å²) in [7, 11) is 0. The zero-order valence-corrected chi connectivity index (χ0v) is 11.2. The van der Waals surface area contributed by atoms with Gasteiger partial charge in [0.15, 0.2) is 6.29 Å². The Kier molecular flexibility index (Phi) is 6.44. The summed E-state index contributed by atoms with van der Waals surface area (Å²) in [5, 5.41) is 27.7. The zero-order valence-electron chi connectivity index (χ0n) is 11.2. The molecule has 0 aromatic carbocycles. The standard InChI is InChI=1S/C13H22O6/c1-8(5-3-4-6-12(16)17)18-13-11(15)7-10(14)9(2)19-13/h4,6,8-11,13-15H,3,5,7H2,1-2H3,(H,16,17)/b6-4-/t8-,9+,10-,11-,13-/m1/s1. The Labute approximate surface area is 112 Å². The van der Waals surface area contributed by atoms with E-state index >= 15 is 0 Å². The van der Waals surface area contributed by atoms with Gasteiger partial charge in [0, 0.05) is 12.5 Å². The highest BCUT2D eigenvalue weighted by atomic mass is 16.7. The van der Waals surface area contributed by atoms with E-state index in [1.165, 1.54) is 0 Å². The number of aliphatic hydroxyl groups is 2. The lowest BCUT2D eigenvalue weighted by molar-refractivity contribution is -0.273. The molecule has 1 saturated heterocycles. The largest absolute Gasteiger partial charge is 0.478 e. The zero-order chi connectivity index (χ0) is 14.4. The second-order valence-corrected chi connectivity index (χ2v) is 4.84. The van der Waals surface area contributed by atoms with Gasteiger partial charge in [-0.3, -0.25) is 0 Å². The molecule has 0 radical (unpaired) electrons. The van der Waals surface area contributed by atoms with Crippen LogP contribution in [0.25, 0.3) is 0 Å². The van der Waals surface area contributed by atoms with Crippen molar-refractivity contribution in [2.45, 2.75) is 63.8 Å². The van der Waals surface area contributed by atoms with Gasteiger partial charge in [0.25, 0.3) is 0 Å². The van der Waals surface area contributed by atoms with Crippen molar-refractivity contribution in [1.29, 1.82) is 0 Å². The molecule has 0 aromatic rings. The third-order valence-electron chi connectivity index (χ3n) is 3.05. The average molecular weight is 274 g/mol. The van der Waals surface area contributed by atoms with E-state index in [2.05, 4.69) is 0 Å². The summed E-state index contributed by atoms with van der Waals surface area (Å²) < 4.78 is 11.0. The molecule has 0 bridgehead atoms. The Balaban J connectivity index is 2.31. The van der Waals surface area contributed by atoms with Crippen LogP contribution in [-0.4, -0.2) is 52.0 Å².